The van der Waals surface area contributed by atoms with Gasteiger partial charge < -0.3 is 5.32 Å². The van der Waals surface area contributed by atoms with E-state index in [0.717, 1.165) is 17.9 Å². The van der Waals surface area contributed by atoms with Gasteiger partial charge in [-0.05, 0) is 37.0 Å². The van der Waals surface area contributed by atoms with Crippen molar-refractivity contribution in [3.05, 3.63) is 0 Å². The Morgan fingerprint density at radius 2 is 2.07 bits per heavy atom. The van der Waals surface area contributed by atoms with Gasteiger partial charge in [0, 0.05) is 11.8 Å². The van der Waals surface area contributed by atoms with Gasteiger partial charge in [-0.1, -0.05) is 26.2 Å². The zero-order valence-corrected chi connectivity index (χ0v) is 10.1. The predicted molar refractivity (Wildman–Crippen MR) is 64.9 cm³/mol. The highest BCUT2D eigenvalue weighted by molar-refractivity contribution is 7.99. The lowest BCUT2D eigenvalue weighted by molar-refractivity contribution is 0.242. The summed E-state index contributed by atoms with van der Waals surface area (Å²) in [5.41, 5.74) is 0. The summed E-state index contributed by atoms with van der Waals surface area (Å²) in [6.45, 7) is 3.72. The molecule has 0 aromatic carbocycles. The first-order valence-electron chi connectivity index (χ1n) is 6.17. The van der Waals surface area contributed by atoms with Gasteiger partial charge in [-0.25, -0.2) is 0 Å². The molecule has 1 nitrogen and oxygen atoms in total. The van der Waals surface area contributed by atoms with Crippen molar-refractivity contribution in [3.63, 3.8) is 0 Å². The maximum absolute atomic E-state index is 3.76. The molecule has 2 aliphatic rings. The normalized spacial score (nSPS) is 38.8. The Hall–Kier alpha value is 0.310. The van der Waals surface area contributed by atoms with E-state index in [0.29, 0.717) is 0 Å². The third-order valence-corrected chi connectivity index (χ3v) is 5.05. The average Bonchev–Trinajstić information content (AvgIpc) is 2.69. The monoisotopic (exact) mass is 213 g/mol. The van der Waals surface area contributed by atoms with Crippen LogP contribution in [0.15, 0.2) is 0 Å². The van der Waals surface area contributed by atoms with Gasteiger partial charge in [0.1, 0.15) is 0 Å². The summed E-state index contributed by atoms with van der Waals surface area (Å²) >= 11 is 2.11. The van der Waals surface area contributed by atoms with Gasteiger partial charge in [-0.15, -0.1) is 0 Å². The molecule has 0 radical (unpaired) electrons. The van der Waals surface area contributed by atoms with Crippen LogP contribution in [0.5, 0.6) is 0 Å². The summed E-state index contributed by atoms with van der Waals surface area (Å²) in [6.07, 6.45) is 7.26. The lowest BCUT2D eigenvalue weighted by Crippen LogP contribution is -2.36. The molecule has 1 N–H and O–H groups in total. The van der Waals surface area contributed by atoms with Crippen molar-refractivity contribution in [1.29, 1.82) is 0 Å². The second kappa shape index (κ2) is 5.41. The minimum atomic E-state index is 0.828. The lowest BCUT2D eigenvalue weighted by Gasteiger charge is -2.29. The first-order valence-corrected chi connectivity index (χ1v) is 7.33. The minimum Gasteiger partial charge on any atom is -0.313 e. The third kappa shape index (κ3) is 2.90. The van der Waals surface area contributed by atoms with E-state index in [1.807, 2.05) is 0 Å². The molecule has 3 atom stereocenters. The highest BCUT2D eigenvalue weighted by Gasteiger charge is 2.22. The quantitative estimate of drug-likeness (QED) is 0.773. The summed E-state index contributed by atoms with van der Waals surface area (Å²) in [5, 5.41) is 3.76. The van der Waals surface area contributed by atoms with Crippen LogP contribution in [0.4, 0.5) is 0 Å². The van der Waals surface area contributed by atoms with Gasteiger partial charge in [0.15, 0.2) is 0 Å². The van der Waals surface area contributed by atoms with Crippen molar-refractivity contribution in [2.24, 2.45) is 11.8 Å². The topological polar surface area (TPSA) is 12.0 Å². The van der Waals surface area contributed by atoms with Crippen LogP contribution in [0.1, 0.15) is 39.0 Å². The fraction of sp³-hybridized carbons (Fsp3) is 1.00. The molecule has 0 amide bonds. The molecule has 1 aliphatic carbocycles. The molecule has 14 heavy (non-hydrogen) atoms. The Kier molecular flexibility index (Phi) is 4.18. The molecule has 82 valence electrons. The van der Waals surface area contributed by atoms with E-state index in [4.69, 9.17) is 0 Å². The Morgan fingerprint density at radius 3 is 2.79 bits per heavy atom. The first kappa shape index (κ1) is 10.8. The smallest absolute Gasteiger partial charge is 0.0166 e. The van der Waals surface area contributed by atoms with Gasteiger partial charge in [0.25, 0.3) is 0 Å². The molecule has 0 bridgehead atoms. The Labute approximate surface area is 92.4 Å². The van der Waals surface area contributed by atoms with Crippen molar-refractivity contribution in [1.82, 2.24) is 5.32 Å². The van der Waals surface area contributed by atoms with E-state index in [1.54, 1.807) is 0 Å². The molecule has 0 aromatic heterocycles. The van der Waals surface area contributed by atoms with Gasteiger partial charge in [0.2, 0.25) is 0 Å². The molecule has 3 unspecified atom stereocenters. The number of hydrogen-bond acceptors (Lipinski definition) is 2. The Morgan fingerprint density at radius 1 is 1.21 bits per heavy atom. The van der Waals surface area contributed by atoms with Crippen LogP contribution >= 0.6 is 11.8 Å². The van der Waals surface area contributed by atoms with Gasteiger partial charge in [-0.2, -0.15) is 11.8 Å². The van der Waals surface area contributed by atoms with Gasteiger partial charge in [0.05, 0.1) is 0 Å². The largest absolute Gasteiger partial charge is 0.313 e. The van der Waals surface area contributed by atoms with Crippen LogP contribution in [0, 0.1) is 11.8 Å². The number of nitrogens with one attached hydrogen (secondary N) is 1. The van der Waals surface area contributed by atoms with Crippen molar-refractivity contribution in [3.8, 4) is 0 Å². The van der Waals surface area contributed by atoms with Gasteiger partial charge in [-0.3, -0.25) is 0 Å². The van der Waals surface area contributed by atoms with E-state index >= 15 is 0 Å². The molecule has 1 aliphatic heterocycles. The van der Waals surface area contributed by atoms with Crippen LogP contribution in [0.3, 0.4) is 0 Å². The van der Waals surface area contributed by atoms with Crippen LogP contribution < -0.4 is 5.32 Å². The Balaban J connectivity index is 1.67. The lowest BCUT2D eigenvalue weighted by atomic mass is 9.80. The van der Waals surface area contributed by atoms with E-state index in [-0.39, 0.29) is 0 Å². The molecular weight excluding hydrogens is 190 g/mol. The van der Waals surface area contributed by atoms with E-state index in [1.165, 1.54) is 50.2 Å². The van der Waals surface area contributed by atoms with Crippen LogP contribution in [0.2, 0.25) is 0 Å². The number of hydrogen-bond donors (Lipinski definition) is 1. The summed E-state index contributed by atoms with van der Waals surface area (Å²) in [5.74, 6) is 4.65. The molecule has 2 rings (SSSR count). The Bertz CT molecular complexity index is 166. The summed E-state index contributed by atoms with van der Waals surface area (Å²) in [7, 11) is 0. The summed E-state index contributed by atoms with van der Waals surface area (Å²) in [4.78, 5) is 0. The second-order valence-corrected chi connectivity index (χ2v) is 6.14. The van der Waals surface area contributed by atoms with Crippen LogP contribution in [-0.4, -0.2) is 24.1 Å². The standard InChI is InChI=1S/C12H23NS/c1-10-4-2-3-5-11(10)8-13-12-6-7-14-9-12/h10-13H,2-9H2,1H3. The number of thioether (sulfide) groups is 1. The average molecular weight is 213 g/mol. The first-order chi connectivity index (χ1) is 6.86. The van der Waals surface area contributed by atoms with Crippen molar-refractivity contribution in [2.45, 2.75) is 45.1 Å². The maximum Gasteiger partial charge on any atom is 0.0166 e. The highest BCUT2D eigenvalue weighted by atomic mass is 32.2. The predicted octanol–water partition coefficient (Wildman–Crippen LogP) is 2.91. The molecule has 1 saturated carbocycles. The molecule has 2 fully saturated rings. The van der Waals surface area contributed by atoms with Crippen molar-refractivity contribution in [2.75, 3.05) is 18.1 Å². The van der Waals surface area contributed by atoms with Crippen molar-refractivity contribution < 1.29 is 0 Å². The SMILES string of the molecule is CC1CCCCC1CNC1CCSC1. The molecule has 1 heterocycles. The molecular formula is C12H23NS. The molecule has 0 spiro atoms. The molecule has 1 saturated heterocycles. The van der Waals surface area contributed by atoms with E-state index in [9.17, 15) is 0 Å². The van der Waals surface area contributed by atoms with Gasteiger partial charge >= 0.3 is 0 Å². The van der Waals surface area contributed by atoms with E-state index < -0.39 is 0 Å². The second-order valence-electron chi connectivity index (χ2n) is 4.99. The maximum atomic E-state index is 3.76. The molecule has 2 heteroatoms. The third-order valence-electron chi connectivity index (χ3n) is 3.89. The highest BCUT2D eigenvalue weighted by Crippen LogP contribution is 2.29. The van der Waals surface area contributed by atoms with E-state index in [2.05, 4.69) is 24.0 Å². The van der Waals surface area contributed by atoms with Crippen LogP contribution in [-0.2, 0) is 0 Å². The summed E-state index contributed by atoms with van der Waals surface area (Å²) in [6, 6.07) is 0.828. The number of rotatable bonds is 3. The summed E-state index contributed by atoms with van der Waals surface area (Å²) < 4.78 is 0. The molecule has 0 aromatic rings. The van der Waals surface area contributed by atoms with Crippen molar-refractivity contribution >= 4 is 11.8 Å². The zero-order chi connectivity index (χ0) is 9.80. The fourth-order valence-electron chi connectivity index (χ4n) is 2.71. The van der Waals surface area contributed by atoms with Crippen LogP contribution in [0.25, 0.3) is 0 Å². The fourth-order valence-corrected chi connectivity index (χ4v) is 3.90. The minimum absolute atomic E-state index is 0.828. The zero-order valence-electron chi connectivity index (χ0n) is 9.30.